The van der Waals surface area contributed by atoms with E-state index < -0.39 is 0 Å². The molecule has 1 aromatic rings. The molecule has 0 aromatic heterocycles. The Morgan fingerprint density at radius 3 is 2.72 bits per heavy atom. The highest BCUT2D eigenvalue weighted by atomic mass is 16.5. The van der Waals surface area contributed by atoms with E-state index in [1.54, 1.807) is 12.1 Å². The third-order valence-electron chi connectivity index (χ3n) is 3.93. The van der Waals surface area contributed by atoms with Crippen LogP contribution < -0.4 is 15.4 Å². The number of carbonyl (C=O) groups excluding carboxylic acids is 2. The molecule has 7 nitrogen and oxygen atoms in total. The Balaban J connectivity index is 1.66. The summed E-state index contributed by atoms with van der Waals surface area (Å²) in [5.41, 5.74) is 0.686. The van der Waals surface area contributed by atoms with Gasteiger partial charge in [0.25, 0.3) is 0 Å². The minimum Gasteiger partial charge on any atom is -0.492 e. The molecular weight excluding hydrogens is 322 g/mol. The largest absolute Gasteiger partial charge is 0.492 e. The second-order valence-electron chi connectivity index (χ2n) is 5.93. The Morgan fingerprint density at radius 1 is 1.28 bits per heavy atom. The Morgan fingerprint density at radius 2 is 2.04 bits per heavy atom. The van der Waals surface area contributed by atoms with E-state index in [1.165, 1.54) is 6.92 Å². The van der Waals surface area contributed by atoms with Crippen LogP contribution in [0.2, 0.25) is 0 Å². The summed E-state index contributed by atoms with van der Waals surface area (Å²) >= 11 is 0. The molecule has 3 amide bonds. The van der Waals surface area contributed by atoms with E-state index >= 15 is 0 Å². The van der Waals surface area contributed by atoms with E-state index in [0.29, 0.717) is 24.6 Å². The summed E-state index contributed by atoms with van der Waals surface area (Å²) in [7, 11) is 0. The lowest BCUT2D eigenvalue weighted by atomic mass is 10.1. The number of urea groups is 1. The maximum atomic E-state index is 12.1. The number of rotatable bonds is 7. The van der Waals surface area contributed by atoms with Gasteiger partial charge in [-0.3, -0.25) is 4.79 Å². The number of nitrogens with zero attached hydrogens (tertiary/aromatic N) is 1. The number of hydrogen-bond acceptors (Lipinski definition) is 4. The minimum absolute atomic E-state index is 0.0643. The van der Waals surface area contributed by atoms with E-state index in [-0.39, 0.29) is 18.0 Å². The van der Waals surface area contributed by atoms with Gasteiger partial charge in [0.1, 0.15) is 12.4 Å². The molecule has 7 heteroatoms. The summed E-state index contributed by atoms with van der Waals surface area (Å²) in [6.45, 7) is 6.40. The number of carbonyl (C=O) groups is 2. The number of likely N-dealkylation sites (tertiary alicyclic amines) is 1. The normalized spacial score (nSPS) is 14.9. The Hall–Kier alpha value is -2.28. The number of nitrogens with one attached hydrogen (secondary N) is 2. The molecule has 1 heterocycles. The zero-order valence-corrected chi connectivity index (χ0v) is 14.9. The van der Waals surface area contributed by atoms with E-state index in [4.69, 9.17) is 9.47 Å². The number of anilines is 1. The van der Waals surface area contributed by atoms with Gasteiger partial charge >= 0.3 is 6.03 Å². The van der Waals surface area contributed by atoms with Crippen molar-refractivity contribution in [3.8, 4) is 5.75 Å². The zero-order chi connectivity index (χ0) is 18.1. The number of piperidine rings is 1. The first-order valence-electron chi connectivity index (χ1n) is 8.73. The molecule has 2 rings (SSSR count). The zero-order valence-electron chi connectivity index (χ0n) is 14.9. The van der Waals surface area contributed by atoms with Crippen LogP contribution in [-0.2, 0) is 9.53 Å². The SMILES string of the molecule is CCOC1CCN(C(=O)NCCOc2cccc(NC(C)=O)c2)CC1. The lowest BCUT2D eigenvalue weighted by Crippen LogP contribution is -2.46. The van der Waals surface area contributed by atoms with Gasteiger partial charge in [0.2, 0.25) is 5.91 Å². The molecule has 0 bridgehead atoms. The molecule has 2 N–H and O–H groups in total. The van der Waals surface area contributed by atoms with Crippen molar-refractivity contribution in [1.82, 2.24) is 10.2 Å². The topological polar surface area (TPSA) is 79.9 Å². The van der Waals surface area contributed by atoms with Gasteiger partial charge in [-0.1, -0.05) is 6.07 Å². The molecule has 0 saturated carbocycles. The predicted octanol–water partition coefficient (Wildman–Crippen LogP) is 2.23. The summed E-state index contributed by atoms with van der Waals surface area (Å²) < 4.78 is 11.2. The minimum atomic E-state index is -0.127. The second-order valence-corrected chi connectivity index (χ2v) is 5.93. The maximum Gasteiger partial charge on any atom is 0.317 e. The van der Waals surface area contributed by atoms with Gasteiger partial charge in [-0.15, -0.1) is 0 Å². The van der Waals surface area contributed by atoms with Gasteiger partial charge in [-0.05, 0) is 31.9 Å². The van der Waals surface area contributed by atoms with Crippen molar-refractivity contribution in [3.63, 3.8) is 0 Å². The van der Waals surface area contributed by atoms with Gasteiger partial charge in [0.15, 0.2) is 0 Å². The van der Waals surface area contributed by atoms with E-state index in [0.717, 1.165) is 32.5 Å². The van der Waals surface area contributed by atoms with Gasteiger partial charge < -0.3 is 25.0 Å². The number of ether oxygens (including phenoxy) is 2. The van der Waals surface area contributed by atoms with Crippen LogP contribution in [0.4, 0.5) is 10.5 Å². The van der Waals surface area contributed by atoms with Crippen molar-refractivity contribution in [1.29, 1.82) is 0 Å². The molecule has 1 aromatic carbocycles. The standard InChI is InChI=1S/C18H27N3O4/c1-3-24-16-7-10-21(11-8-16)18(23)19-9-12-25-17-6-4-5-15(13-17)20-14(2)22/h4-6,13,16H,3,7-12H2,1-2H3,(H,19,23)(H,20,22). The van der Waals surface area contributed by atoms with Gasteiger partial charge in [-0.25, -0.2) is 4.79 Å². The molecule has 1 aliphatic rings. The highest BCUT2D eigenvalue weighted by Gasteiger charge is 2.22. The summed E-state index contributed by atoms with van der Waals surface area (Å²) in [4.78, 5) is 25.0. The highest BCUT2D eigenvalue weighted by Crippen LogP contribution is 2.17. The van der Waals surface area contributed by atoms with Crippen molar-refractivity contribution in [2.75, 3.05) is 38.2 Å². The van der Waals surface area contributed by atoms with Crippen LogP contribution in [0.1, 0.15) is 26.7 Å². The first kappa shape index (κ1) is 19.1. The van der Waals surface area contributed by atoms with Crippen molar-refractivity contribution in [3.05, 3.63) is 24.3 Å². The monoisotopic (exact) mass is 349 g/mol. The molecule has 1 saturated heterocycles. The molecule has 1 fully saturated rings. The Labute approximate surface area is 148 Å². The lowest BCUT2D eigenvalue weighted by Gasteiger charge is -2.31. The fraction of sp³-hybridized carbons (Fsp3) is 0.556. The van der Waals surface area contributed by atoms with Crippen LogP contribution in [0.15, 0.2) is 24.3 Å². The first-order chi connectivity index (χ1) is 12.1. The fourth-order valence-corrected chi connectivity index (χ4v) is 2.77. The molecule has 0 atom stereocenters. The summed E-state index contributed by atoms with van der Waals surface area (Å²) in [5, 5.41) is 5.57. The van der Waals surface area contributed by atoms with Crippen LogP contribution in [-0.4, -0.2) is 55.8 Å². The molecular formula is C18H27N3O4. The average molecular weight is 349 g/mol. The molecule has 0 spiro atoms. The molecule has 0 aliphatic carbocycles. The molecule has 0 unspecified atom stereocenters. The third kappa shape index (κ3) is 6.62. The maximum absolute atomic E-state index is 12.1. The Kier molecular flexibility index (Phi) is 7.53. The Bertz CT molecular complexity index is 571. The predicted molar refractivity (Wildman–Crippen MR) is 95.9 cm³/mol. The first-order valence-corrected chi connectivity index (χ1v) is 8.73. The smallest absolute Gasteiger partial charge is 0.317 e. The van der Waals surface area contributed by atoms with Crippen LogP contribution in [0.5, 0.6) is 5.75 Å². The average Bonchev–Trinajstić information content (AvgIpc) is 2.59. The summed E-state index contributed by atoms with van der Waals surface area (Å²) in [5.74, 6) is 0.524. The molecule has 138 valence electrons. The number of amides is 3. The highest BCUT2D eigenvalue weighted by molar-refractivity contribution is 5.88. The van der Waals surface area contributed by atoms with Crippen molar-refractivity contribution >= 4 is 17.6 Å². The van der Waals surface area contributed by atoms with Gasteiger partial charge in [0, 0.05) is 38.4 Å². The quantitative estimate of drug-likeness (QED) is 0.740. The third-order valence-corrected chi connectivity index (χ3v) is 3.93. The van der Waals surface area contributed by atoms with Crippen molar-refractivity contribution in [2.45, 2.75) is 32.8 Å². The van der Waals surface area contributed by atoms with Crippen LogP contribution in [0.25, 0.3) is 0 Å². The van der Waals surface area contributed by atoms with Crippen LogP contribution in [0.3, 0.4) is 0 Å². The van der Waals surface area contributed by atoms with Crippen molar-refractivity contribution < 1.29 is 19.1 Å². The summed E-state index contributed by atoms with van der Waals surface area (Å²) in [6, 6.07) is 7.10. The lowest BCUT2D eigenvalue weighted by molar-refractivity contribution is -0.114. The van der Waals surface area contributed by atoms with Crippen LogP contribution in [0, 0.1) is 0 Å². The number of benzene rings is 1. The van der Waals surface area contributed by atoms with E-state index in [9.17, 15) is 9.59 Å². The van der Waals surface area contributed by atoms with Gasteiger partial charge in [-0.2, -0.15) is 0 Å². The van der Waals surface area contributed by atoms with E-state index in [2.05, 4.69) is 10.6 Å². The molecule has 1 aliphatic heterocycles. The number of hydrogen-bond donors (Lipinski definition) is 2. The van der Waals surface area contributed by atoms with Crippen LogP contribution >= 0.6 is 0 Å². The molecule has 0 radical (unpaired) electrons. The van der Waals surface area contributed by atoms with Gasteiger partial charge in [0.05, 0.1) is 12.6 Å². The fourth-order valence-electron chi connectivity index (χ4n) is 2.77. The van der Waals surface area contributed by atoms with E-state index in [1.807, 2.05) is 24.0 Å². The second kappa shape index (κ2) is 9.88. The summed E-state index contributed by atoms with van der Waals surface area (Å²) in [6.07, 6.45) is 2.04. The van der Waals surface area contributed by atoms with Crippen molar-refractivity contribution in [2.24, 2.45) is 0 Å². The molecule has 25 heavy (non-hydrogen) atoms.